The van der Waals surface area contributed by atoms with Crippen molar-refractivity contribution in [3.05, 3.63) is 0 Å². The molecule has 0 aromatic rings. The van der Waals surface area contributed by atoms with Crippen molar-refractivity contribution in [2.75, 3.05) is 0 Å². The van der Waals surface area contributed by atoms with E-state index in [1.165, 1.54) is 0 Å². The first-order valence-corrected chi connectivity index (χ1v) is 0.507. The minimum absolute atomic E-state index is 0. The fourth-order valence-corrected chi connectivity index (χ4v) is 0. The van der Waals surface area contributed by atoms with E-state index >= 15 is 0 Å². The van der Waals surface area contributed by atoms with Gasteiger partial charge in [-0.15, -0.1) is 0 Å². The van der Waals surface area contributed by atoms with Crippen molar-refractivity contribution in [2.45, 2.75) is 0 Å². The van der Waals surface area contributed by atoms with Crippen LogP contribution < -0.4 is 0 Å². The summed E-state index contributed by atoms with van der Waals surface area (Å²) in [7, 11) is 0. The monoisotopic (exact) mass is 129 g/mol. The Hall–Kier alpha value is 1.27. The summed E-state index contributed by atoms with van der Waals surface area (Å²) in [6.07, 6.45) is 0. The molecule has 3 N–H and O–H groups in total. The summed E-state index contributed by atoms with van der Waals surface area (Å²) in [6, 6.07) is 0. The van der Waals surface area contributed by atoms with Crippen LogP contribution >= 0.6 is 11.9 Å². The minimum atomic E-state index is 0. The largest absolute Gasteiger partial charge is 0.412 e. The van der Waals surface area contributed by atoms with E-state index in [1.54, 1.807) is 0 Å². The van der Waals surface area contributed by atoms with E-state index in [-0.39, 0.29) is 40.2 Å². The molecule has 0 fully saturated rings. The zero-order valence-electron chi connectivity index (χ0n) is 2.33. The number of hydrogen-bond donors (Lipinski definition) is 1. The van der Waals surface area contributed by atoms with E-state index in [2.05, 4.69) is 11.9 Å². The highest BCUT2D eigenvalue weighted by molar-refractivity contribution is 6.04. The zero-order valence-corrected chi connectivity index (χ0v) is 5.08. The van der Waals surface area contributed by atoms with Crippen LogP contribution in [0.5, 0.6) is 0 Å². The van der Waals surface area contributed by atoms with Crippen molar-refractivity contribution >= 4 is 46.6 Å². The summed E-state index contributed by atoms with van der Waals surface area (Å²) < 4.78 is 6.47. The topological polar surface area (TPSA) is 51.7 Å². The van der Waals surface area contributed by atoms with Crippen molar-refractivity contribution in [1.29, 1.82) is 0 Å². The minimum Gasteiger partial charge on any atom is -0.412 e. The van der Waals surface area contributed by atoms with Gasteiger partial charge in [-0.25, -0.2) is 0 Å². The molecule has 5 heteroatoms. The molecule has 1 radical (unpaired) electrons. The van der Waals surface area contributed by atoms with Crippen LogP contribution in [0.15, 0.2) is 0 Å². The molecule has 0 rings (SSSR count). The molecule has 0 aliphatic heterocycles. The third-order valence-electron chi connectivity index (χ3n) is 0. The Bertz CT molecular complexity index is 7.61. The van der Waals surface area contributed by atoms with E-state index in [9.17, 15) is 0 Å². The number of hydrogen-bond acceptors (Lipinski definition) is 1. The lowest BCUT2D eigenvalue weighted by molar-refractivity contribution is 0.632. The molecule has 5 heavy (non-hydrogen) atoms. The van der Waals surface area contributed by atoms with Crippen molar-refractivity contribution < 1.29 is 10.1 Å². The van der Waals surface area contributed by atoms with Crippen LogP contribution in [0.1, 0.15) is 0 Å². The molecular formula is H8Al2ClO2. The van der Waals surface area contributed by atoms with Gasteiger partial charge in [0, 0.05) is 0 Å². The second kappa shape index (κ2) is 59.3. The van der Waals surface area contributed by atoms with E-state index in [1.807, 2.05) is 0 Å². The van der Waals surface area contributed by atoms with Crippen LogP contribution in [-0.4, -0.2) is 44.9 Å². The Balaban J connectivity index is -0.00000000167. The quantitative estimate of drug-likeness (QED) is 0.353. The molecule has 0 saturated carbocycles. The maximum Gasteiger partial charge on any atom is 0.187 e. The average molecular weight is 129 g/mol. The predicted octanol–water partition coefficient (Wildman–Crippen LogP) is -2.79. The third kappa shape index (κ3) is 34.8. The standard InChI is InChI=1S/2Al.ClHO.H2O.5H/c;;1-2;;;;;;/h;;2H;1H2;;;;;. The Kier molecular flexibility index (Phi) is 400. The summed E-state index contributed by atoms with van der Waals surface area (Å²) >= 11 is 3.64. The Morgan fingerprint density at radius 2 is 1.20 bits per heavy atom. The highest BCUT2D eigenvalue weighted by Gasteiger charge is 0.897. The van der Waals surface area contributed by atoms with Crippen molar-refractivity contribution in [2.24, 2.45) is 0 Å². The molecule has 0 aliphatic carbocycles. The fraction of sp³-hybridized carbons (Fsp3) is 0. The average Bonchev–Trinajstić information content (AvgIpc) is 1.00. The van der Waals surface area contributed by atoms with Gasteiger partial charge in [-0.05, 0) is 0 Å². The maximum absolute atomic E-state index is 6.47. The molecule has 0 atom stereocenters. The highest BCUT2D eigenvalue weighted by atomic mass is 35.5. The first-order chi connectivity index (χ1) is 1.00. The van der Waals surface area contributed by atoms with Gasteiger partial charge in [0.2, 0.25) is 0 Å². The second-order valence-electron chi connectivity index (χ2n) is 0. The van der Waals surface area contributed by atoms with Gasteiger partial charge in [0.25, 0.3) is 0 Å². The fourth-order valence-electron chi connectivity index (χ4n) is 0. The molecule has 0 aromatic carbocycles. The summed E-state index contributed by atoms with van der Waals surface area (Å²) in [4.78, 5) is 0. The van der Waals surface area contributed by atoms with Crippen LogP contribution in [-0.2, 0) is 0 Å². The lowest BCUT2D eigenvalue weighted by Gasteiger charge is -1.13. The summed E-state index contributed by atoms with van der Waals surface area (Å²) in [5.41, 5.74) is 0. The van der Waals surface area contributed by atoms with Crippen molar-refractivity contribution in [1.82, 2.24) is 0 Å². The van der Waals surface area contributed by atoms with Gasteiger partial charge in [-0.1, -0.05) is 0 Å². The van der Waals surface area contributed by atoms with E-state index in [4.69, 9.17) is 4.66 Å². The van der Waals surface area contributed by atoms with E-state index in [0.717, 1.165) is 0 Å². The van der Waals surface area contributed by atoms with Crippen LogP contribution in [0.25, 0.3) is 0 Å². The van der Waals surface area contributed by atoms with Gasteiger partial charge in [-0.2, -0.15) is 0 Å². The van der Waals surface area contributed by atoms with Gasteiger partial charge >= 0.3 is 0 Å². The van der Waals surface area contributed by atoms with Crippen molar-refractivity contribution in [3.8, 4) is 0 Å². The molecular weight excluding hydrogens is 121 g/mol. The first-order valence-electron chi connectivity index (χ1n) is 0.169. The van der Waals surface area contributed by atoms with Crippen LogP contribution in [0, 0.1) is 0 Å². The van der Waals surface area contributed by atoms with Gasteiger partial charge in [0.15, 0.2) is 17.4 Å². The normalized spacial score (nSPS) is 1.20. The number of rotatable bonds is 0. The molecule has 0 spiro atoms. The van der Waals surface area contributed by atoms with Crippen LogP contribution in [0.2, 0.25) is 0 Å². The molecule has 33 valence electrons. The lowest BCUT2D eigenvalue weighted by atomic mass is 15.9. The van der Waals surface area contributed by atoms with E-state index < -0.39 is 0 Å². The van der Waals surface area contributed by atoms with E-state index in [0.29, 0.717) is 0 Å². The SMILES string of the molecule is O.OCl.[AlH2].[AlH3]. The molecule has 0 unspecified atom stereocenters. The summed E-state index contributed by atoms with van der Waals surface area (Å²) in [5.74, 6) is 0. The molecule has 2 nitrogen and oxygen atoms in total. The lowest BCUT2D eigenvalue weighted by Crippen LogP contribution is -0.913. The molecule has 0 heterocycles. The van der Waals surface area contributed by atoms with Gasteiger partial charge in [-0.3, -0.25) is 4.66 Å². The van der Waals surface area contributed by atoms with Crippen LogP contribution in [0.3, 0.4) is 0 Å². The zero-order chi connectivity index (χ0) is 2.00. The Labute approximate surface area is 56.9 Å². The Morgan fingerprint density at radius 3 is 1.20 bits per heavy atom. The third-order valence-corrected chi connectivity index (χ3v) is 0. The molecule has 0 saturated heterocycles. The first kappa shape index (κ1) is 33.7. The molecule has 0 aliphatic rings. The van der Waals surface area contributed by atoms with Gasteiger partial charge in [0.1, 0.15) is 17.4 Å². The maximum atomic E-state index is 6.47. The summed E-state index contributed by atoms with van der Waals surface area (Å²) in [6.45, 7) is 0. The van der Waals surface area contributed by atoms with Crippen LogP contribution in [0.4, 0.5) is 0 Å². The predicted molar refractivity (Wildman–Crippen MR) is 30.2 cm³/mol. The smallest absolute Gasteiger partial charge is 0.187 e. The highest BCUT2D eigenvalue weighted by Crippen LogP contribution is 1.31. The Morgan fingerprint density at radius 1 is 1.20 bits per heavy atom. The number of halogens is 1. The summed E-state index contributed by atoms with van der Waals surface area (Å²) in [5, 5.41) is 0. The molecule has 0 bridgehead atoms. The molecule has 0 amide bonds. The second-order valence-corrected chi connectivity index (χ2v) is 0. The van der Waals surface area contributed by atoms with Gasteiger partial charge in [0.05, 0.1) is 11.9 Å². The van der Waals surface area contributed by atoms with Gasteiger partial charge < -0.3 is 5.48 Å². The molecule has 0 aromatic heterocycles. The van der Waals surface area contributed by atoms with Crippen molar-refractivity contribution in [3.63, 3.8) is 0 Å².